The molecule has 1 atom stereocenters. The van der Waals surface area contributed by atoms with Crippen LogP contribution in [0.1, 0.15) is 27.7 Å². The van der Waals surface area contributed by atoms with Gasteiger partial charge < -0.3 is 18.8 Å². The maximum Gasteiger partial charge on any atom is 0.290 e. The van der Waals surface area contributed by atoms with Crippen LogP contribution in [0.15, 0.2) is 51.7 Å². The van der Waals surface area contributed by atoms with Crippen molar-refractivity contribution in [1.82, 2.24) is 9.80 Å². The minimum atomic E-state index is -0.702. The van der Waals surface area contributed by atoms with Crippen LogP contribution < -0.4 is 10.2 Å². The smallest absolute Gasteiger partial charge is 0.290 e. The molecule has 0 radical (unpaired) electrons. The minimum absolute atomic E-state index is 0.00363. The van der Waals surface area contributed by atoms with E-state index in [1.807, 2.05) is 0 Å². The first-order valence-electron chi connectivity index (χ1n) is 11.0. The Morgan fingerprint density at radius 1 is 1.09 bits per heavy atom. The highest BCUT2D eigenvalue weighted by Crippen LogP contribution is 2.38. The van der Waals surface area contributed by atoms with Crippen molar-refractivity contribution >= 4 is 22.6 Å². The van der Waals surface area contributed by atoms with E-state index < -0.39 is 11.0 Å². The first-order chi connectivity index (χ1) is 16.5. The molecule has 0 spiro atoms. The van der Waals surface area contributed by atoms with E-state index in [4.69, 9.17) is 13.9 Å². The Labute approximate surface area is 194 Å². The molecule has 0 unspecified atom stereocenters. The summed E-state index contributed by atoms with van der Waals surface area (Å²) < 4.78 is 16.6. The number of methoxy groups -OCH3 is 1. The van der Waals surface area contributed by atoms with Crippen LogP contribution in [0.3, 0.4) is 0 Å². The summed E-state index contributed by atoms with van der Waals surface area (Å²) >= 11 is 0. The van der Waals surface area contributed by atoms with Gasteiger partial charge in [-0.15, -0.1) is 0 Å². The molecule has 10 heteroatoms. The van der Waals surface area contributed by atoms with Gasteiger partial charge in [0.1, 0.15) is 11.3 Å². The number of non-ortho nitro benzene ring substituents is 1. The highest BCUT2D eigenvalue weighted by Gasteiger charge is 2.42. The van der Waals surface area contributed by atoms with Gasteiger partial charge >= 0.3 is 0 Å². The van der Waals surface area contributed by atoms with Crippen LogP contribution in [0, 0.1) is 10.1 Å². The van der Waals surface area contributed by atoms with Gasteiger partial charge in [-0.3, -0.25) is 24.6 Å². The molecule has 0 N–H and O–H groups in total. The molecule has 0 aliphatic carbocycles. The lowest BCUT2D eigenvalue weighted by molar-refractivity contribution is -0.384. The molecule has 2 aromatic carbocycles. The Balaban J connectivity index is 1.60. The Morgan fingerprint density at radius 3 is 2.50 bits per heavy atom. The summed E-state index contributed by atoms with van der Waals surface area (Å²) in [6.07, 6.45) is 0. The largest absolute Gasteiger partial charge is 0.497 e. The summed E-state index contributed by atoms with van der Waals surface area (Å²) in [5.74, 6) is 0.127. The first-order valence-corrected chi connectivity index (χ1v) is 11.0. The Kier molecular flexibility index (Phi) is 5.76. The molecule has 3 heterocycles. The van der Waals surface area contributed by atoms with Gasteiger partial charge in [0.25, 0.3) is 11.6 Å². The highest BCUT2D eigenvalue weighted by molar-refractivity contribution is 5.99. The first kappa shape index (κ1) is 22.1. The van der Waals surface area contributed by atoms with Gasteiger partial charge in [-0.1, -0.05) is 0 Å². The normalized spacial score (nSPS) is 18.3. The molecule has 34 heavy (non-hydrogen) atoms. The second kappa shape index (κ2) is 8.88. The molecule has 1 aromatic heterocycles. The highest BCUT2D eigenvalue weighted by atomic mass is 16.6. The van der Waals surface area contributed by atoms with Crippen LogP contribution in [0.2, 0.25) is 0 Å². The monoisotopic (exact) mass is 465 g/mol. The van der Waals surface area contributed by atoms with Crippen molar-refractivity contribution in [2.45, 2.75) is 6.04 Å². The third-order valence-corrected chi connectivity index (χ3v) is 6.36. The van der Waals surface area contributed by atoms with Crippen molar-refractivity contribution in [3.8, 4) is 5.75 Å². The molecule has 176 valence electrons. The lowest BCUT2D eigenvalue weighted by atomic mass is 9.98. The summed E-state index contributed by atoms with van der Waals surface area (Å²) in [6.45, 7) is 3.76. The van der Waals surface area contributed by atoms with Gasteiger partial charge in [-0.05, 0) is 29.8 Å². The summed E-state index contributed by atoms with van der Waals surface area (Å²) in [4.78, 5) is 41.5. The van der Waals surface area contributed by atoms with E-state index in [2.05, 4.69) is 4.90 Å². The molecule has 2 aliphatic heterocycles. The SMILES string of the molecule is COc1ccc2c(=O)c3c(oc2c1)C(=O)N(CCN1CCOCC1)[C@H]3c1ccc([N+](=O)[O-])cc1. The number of carbonyl (C=O) groups excluding carboxylic acids is 1. The Morgan fingerprint density at radius 2 is 1.82 bits per heavy atom. The number of rotatable bonds is 6. The van der Waals surface area contributed by atoms with Gasteiger partial charge in [0, 0.05) is 44.4 Å². The number of ether oxygens (including phenoxy) is 2. The fraction of sp³-hybridized carbons (Fsp3) is 0.333. The molecule has 1 amide bonds. The van der Waals surface area contributed by atoms with Crippen LogP contribution in [0.25, 0.3) is 11.0 Å². The zero-order valence-corrected chi connectivity index (χ0v) is 18.6. The molecule has 3 aromatic rings. The molecular weight excluding hydrogens is 442 g/mol. The van der Waals surface area contributed by atoms with E-state index in [9.17, 15) is 19.7 Å². The quantitative estimate of drug-likeness (QED) is 0.403. The van der Waals surface area contributed by atoms with Crippen LogP contribution >= 0.6 is 0 Å². The van der Waals surface area contributed by atoms with Crippen molar-refractivity contribution in [2.75, 3.05) is 46.5 Å². The zero-order chi connectivity index (χ0) is 23.8. The summed E-state index contributed by atoms with van der Waals surface area (Å²) in [7, 11) is 1.51. The number of nitro groups is 1. The summed E-state index contributed by atoms with van der Waals surface area (Å²) in [5.41, 5.74) is 0.766. The second-order valence-corrected chi connectivity index (χ2v) is 8.24. The van der Waals surface area contributed by atoms with Crippen molar-refractivity contribution in [3.05, 3.63) is 79.7 Å². The minimum Gasteiger partial charge on any atom is -0.497 e. The molecule has 5 rings (SSSR count). The molecule has 1 fully saturated rings. The number of morpholine rings is 1. The van der Waals surface area contributed by atoms with E-state index in [1.165, 1.54) is 19.2 Å². The van der Waals surface area contributed by atoms with E-state index in [1.54, 1.807) is 35.2 Å². The zero-order valence-electron chi connectivity index (χ0n) is 18.6. The Bertz CT molecular complexity index is 1310. The van der Waals surface area contributed by atoms with Gasteiger partial charge in [0.05, 0.1) is 42.2 Å². The fourth-order valence-electron chi connectivity index (χ4n) is 4.56. The molecule has 0 bridgehead atoms. The van der Waals surface area contributed by atoms with E-state index in [-0.39, 0.29) is 33.9 Å². The number of nitro benzene ring substituents is 1. The number of benzene rings is 2. The molecule has 10 nitrogen and oxygen atoms in total. The van der Waals surface area contributed by atoms with Gasteiger partial charge in [0.2, 0.25) is 5.76 Å². The number of nitrogens with zero attached hydrogens (tertiary/aromatic N) is 3. The predicted molar refractivity (Wildman–Crippen MR) is 122 cm³/mol. The molecular formula is C24H23N3O7. The van der Waals surface area contributed by atoms with E-state index in [0.717, 1.165) is 13.1 Å². The van der Waals surface area contributed by atoms with Crippen molar-refractivity contribution in [3.63, 3.8) is 0 Å². The van der Waals surface area contributed by atoms with Crippen molar-refractivity contribution in [2.24, 2.45) is 0 Å². The maximum atomic E-state index is 13.6. The average Bonchev–Trinajstić information content (AvgIpc) is 3.14. The molecule has 0 saturated carbocycles. The molecule has 2 aliphatic rings. The van der Waals surface area contributed by atoms with Crippen LogP contribution in [-0.4, -0.2) is 67.1 Å². The Hall–Kier alpha value is -3.76. The fourth-order valence-corrected chi connectivity index (χ4v) is 4.56. The number of hydrogen-bond donors (Lipinski definition) is 0. The predicted octanol–water partition coefficient (Wildman–Crippen LogP) is 2.59. The van der Waals surface area contributed by atoms with Crippen LogP contribution in [-0.2, 0) is 4.74 Å². The lowest BCUT2D eigenvalue weighted by Crippen LogP contribution is -2.42. The van der Waals surface area contributed by atoms with Crippen LogP contribution in [0.5, 0.6) is 5.75 Å². The number of hydrogen-bond acceptors (Lipinski definition) is 8. The third-order valence-electron chi connectivity index (χ3n) is 6.36. The number of fused-ring (bicyclic) bond motifs is 2. The van der Waals surface area contributed by atoms with Crippen molar-refractivity contribution in [1.29, 1.82) is 0 Å². The van der Waals surface area contributed by atoms with Crippen LogP contribution in [0.4, 0.5) is 5.69 Å². The van der Waals surface area contributed by atoms with Gasteiger partial charge in [-0.25, -0.2) is 0 Å². The van der Waals surface area contributed by atoms with Crippen molar-refractivity contribution < 1.29 is 23.6 Å². The van der Waals surface area contributed by atoms with Gasteiger partial charge in [-0.2, -0.15) is 0 Å². The summed E-state index contributed by atoms with van der Waals surface area (Å²) in [5, 5.41) is 11.5. The van der Waals surface area contributed by atoms with Gasteiger partial charge in [0.15, 0.2) is 5.43 Å². The number of amides is 1. The van der Waals surface area contributed by atoms with E-state index >= 15 is 0 Å². The summed E-state index contributed by atoms with van der Waals surface area (Å²) in [6, 6.07) is 10.1. The topological polar surface area (TPSA) is 115 Å². The maximum absolute atomic E-state index is 13.6. The lowest BCUT2D eigenvalue weighted by Gasteiger charge is -2.31. The van der Waals surface area contributed by atoms with E-state index in [0.29, 0.717) is 43.0 Å². The third kappa shape index (κ3) is 3.80. The number of carbonyl (C=O) groups is 1. The average molecular weight is 465 g/mol. The standard InChI is InChI=1S/C24H23N3O7/c1-32-17-6-7-18-19(14-17)34-23-20(22(18)28)21(15-2-4-16(5-3-15)27(30)31)26(24(23)29)9-8-25-10-12-33-13-11-25/h2-7,14,21H,8-13H2,1H3/t21-/m0/s1. The second-order valence-electron chi connectivity index (χ2n) is 8.24. The molecule has 1 saturated heterocycles.